The molecule has 1 aromatic carbocycles. The van der Waals surface area contributed by atoms with Crippen LogP contribution in [-0.4, -0.2) is 50.9 Å². The normalized spacial score (nSPS) is 10.9. The molecule has 0 spiro atoms. The largest absolute Gasteiger partial charge is 0.347 e. The van der Waals surface area contributed by atoms with Crippen LogP contribution in [0.3, 0.4) is 0 Å². The summed E-state index contributed by atoms with van der Waals surface area (Å²) in [4.78, 5) is 18.4. The monoisotopic (exact) mass is 378 g/mol. The van der Waals surface area contributed by atoms with Gasteiger partial charge in [-0.15, -0.1) is 5.10 Å². The molecular weight excluding hydrogens is 352 g/mol. The molecule has 28 heavy (non-hydrogen) atoms. The van der Waals surface area contributed by atoms with Gasteiger partial charge in [-0.05, 0) is 49.7 Å². The van der Waals surface area contributed by atoms with Gasteiger partial charge in [0.1, 0.15) is 0 Å². The molecule has 146 valence electrons. The van der Waals surface area contributed by atoms with Crippen LogP contribution in [-0.2, 0) is 19.5 Å². The molecule has 0 fully saturated rings. The summed E-state index contributed by atoms with van der Waals surface area (Å²) in [6.45, 7) is 3.02. The fraction of sp³-hybridized carbons (Fsp3) is 0.333. The number of hydrogen-bond donors (Lipinski definition) is 1. The van der Waals surface area contributed by atoms with Gasteiger partial charge in [-0.1, -0.05) is 35.5 Å². The van der Waals surface area contributed by atoms with Gasteiger partial charge in [-0.25, -0.2) is 0 Å². The lowest BCUT2D eigenvalue weighted by Gasteiger charge is -2.16. The van der Waals surface area contributed by atoms with E-state index in [0.29, 0.717) is 18.8 Å². The summed E-state index contributed by atoms with van der Waals surface area (Å²) in [6, 6.07) is 14.3. The van der Waals surface area contributed by atoms with Crippen LogP contribution in [0.4, 0.5) is 0 Å². The van der Waals surface area contributed by atoms with E-state index in [1.165, 1.54) is 5.56 Å². The molecule has 1 amide bonds. The number of nitrogens with one attached hydrogen (secondary N) is 1. The summed E-state index contributed by atoms with van der Waals surface area (Å²) in [5.74, 6) is -0.223. The molecule has 0 bridgehead atoms. The Kier molecular flexibility index (Phi) is 7.26. The van der Waals surface area contributed by atoms with Gasteiger partial charge in [0.05, 0.1) is 12.7 Å². The Hall–Kier alpha value is -3.06. The minimum absolute atomic E-state index is 0.223. The Balaban J connectivity index is 1.37. The maximum atomic E-state index is 12.2. The second-order valence-corrected chi connectivity index (χ2v) is 6.80. The van der Waals surface area contributed by atoms with E-state index in [0.717, 1.165) is 31.5 Å². The van der Waals surface area contributed by atoms with Crippen LogP contribution in [0.2, 0.25) is 0 Å². The highest BCUT2D eigenvalue weighted by Crippen LogP contribution is 2.03. The zero-order valence-corrected chi connectivity index (χ0v) is 16.2. The highest BCUT2D eigenvalue weighted by molar-refractivity contribution is 5.91. The molecule has 0 aliphatic rings. The maximum Gasteiger partial charge on any atom is 0.273 e. The lowest BCUT2D eigenvalue weighted by molar-refractivity contribution is 0.0946. The molecule has 0 atom stereocenters. The minimum Gasteiger partial charge on any atom is -0.347 e. The molecule has 3 rings (SSSR count). The van der Waals surface area contributed by atoms with E-state index in [9.17, 15) is 4.79 Å². The number of carbonyl (C=O) groups excluding carboxylic acids is 1. The topological polar surface area (TPSA) is 75.9 Å². The third-order valence-corrected chi connectivity index (χ3v) is 4.53. The number of carbonyl (C=O) groups is 1. The third kappa shape index (κ3) is 6.28. The number of rotatable bonds is 10. The summed E-state index contributed by atoms with van der Waals surface area (Å²) in [5.41, 5.74) is 2.70. The Morgan fingerprint density at radius 3 is 2.64 bits per heavy atom. The number of hydrogen-bond acceptors (Lipinski definition) is 5. The fourth-order valence-electron chi connectivity index (χ4n) is 2.87. The van der Waals surface area contributed by atoms with E-state index in [-0.39, 0.29) is 5.91 Å². The van der Waals surface area contributed by atoms with E-state index in [2.05, 4.69) is 56.8 Å². The van der Waals surface area contributed by atoms with Crippen LogP contribution in [0.15, 0.2) is 61.1 Å². The highest BCUT2D eigenvalue weighted by atomic mass is 16.2. The van der Waals surface area contributed by atoms with Gasteiger partial charge in [-0.2, -0.15) is 0 Å². The third-order valence-electron chi connectivity index (χ3n) is 4.53. The zero-order chi connectivity index (χ0) is 19.6. The Bertz CT molecular complexity index is 850. The fourth-order valence-corrected chi connectivity index (χ4v) is 2.87. The van der Waals surface area contributed by atoms with Crippen LogP contribution in [0.1, 0.15) is 28.0 Å². The summed E-state index contributed by atoms with van der Waals surface area (Å²) < 4.78 is 1.72. The average Bonchev–Trinajstić information content (AvgIpc) is 3.21. The van der Waals surface area contributed by atoms with Crippen molar-refractivity contribution in [1.29, 1.82) is 0 Å². The molecule has 0 unspecified atom stereocenters. The molecule has 1 N–H and O–H groups in total. The van der Waals surface area contributed by atoms with Crippen molar-refractivity contribution in [3.63, 3.8) is 0 Å². The van der Waals surface area contributed by atoms with Gasteiger partial charge >= 0.3 is 0 Å². The smallest absolute Gasteiger partial charge is 0.273 e. The molecule has 3 aromatic rings. The molecule has 0 saturated carbocycles. The number of pyridine rings is 1. The number of likely N-dealkylation sites (N-methyl/N-ethyl adjacent to an activating group) is 1. The summed E-state index contributed by atoms with van der Waals surface area (Å²) in [6.07, 6.45) is 7.29. The van der Waals surface area contributed by atoms with Gasteiger partial charge in [0.2, 0.25) is 0 Å². The van der Waals surface area contributed by atoms with Crippen molar-refractivity contribution in [3.05, 3.63) is 77.9 Å². The van der Waals surface area contributed by atoms with E-state index in [1.807, 2.05) is 18.2 Å². The van der Waals surface area contributed by atoms with Gasteiger partial charge in [-0.3, -0.25) is 14.5 Å². The first kappa shape index (κ1) is 19.7. The first-order chi connectivity index (χ1) is 13.7. The van der Waals surface area contributed by atoms with Gasteiger partial charge in [0.15, 0.2) is 5.69 Å². The first-order valence-corrected chi connectivity index (χ1v) is 9.50. The zero-order valence-electron chi connectivity index (χ0n) is 16.2. The molecular formula is C21H26N6O. The SMILES string of the molecule is CN(CCCc1ccccc1)CCn1cc(C(=O)NCc2ccncc2)nn1. The number of nitrogens with zero attached hydrogens (tertiary/aromatic N) is 5. The van der Waals surface area contributed by atoms with Crippen molar-refractivity contribution in [2.24, 2.45) is 0 Å². The summed E-state index contributed by atoms with van der Waals surface area (Å²) >= 11 is 0. The van der Waals surface area contributed by atoms with Gasteiger partial charge < -0.3 is 10.2 Å². The van der Waals surface area contributed by atoms with Crippen molar-refractivity contribution in [3.8, 4) is 0 Å². The summed E-state index contributed by atoms with van der Waals surface area (Å²) in [5, 5.41) is 10.9. The first-order valence-electron chi connectivity index (χ1n) is 9.50. The molecule has 0 aliphatic heterocycles. The maximum absolute atomic E-state index is 12.2. The van der Waals surface area contributed by atoms with Crippen LogP contribution in [0, 0.1) is 0 Å². The van der Waals surface area contributed by atoms with Crippen molar-refractivity contribution >= 4 is 5.91 Å². The molecule has 2 aromatic heterocycles. The van der Waals surface area contributed by atoms with E-state index < -0.39 is 0 Å². The quantitative estimate of drug-likeness (QED) is 0.585. The Labute approximate surface area is 165 Å². The van der Waals surface area contributed by atoms with E-state index in [4.69, 9.17) is 0 Å². The van der Waals surface area contributed by atoms with Crippen LogP contribution < -0.4 is 5.32 Å². The van der Waals surface area contributed by atoms with E-state index >= 15 is 0 Å². The predicted molar refractivity (Wildman–Crippen MR) is 108 cm³/mol. The summed E-state index contributed by atoms with van der Waals surface area (Å²) in [7, 11) is 2.10. The van der Waals surface area contributed by atoms with Crippen LogP contribution in [0.5, 0.6) is 0 Å². The lowest BCUT2D eigenvalue weighted by atomic mass is 10.1. The van der Waals surface area contributed by atoms with Crippen molar-refractivity contribution < 1.29 is 4.79 Å². The van der Waals surface area contributed by atoms with Crippen molar-refractivity contribution in [2.45, 2.75) is 25.9 Å². The van der Waals surface area contributed by atoms with Crippen LogP contribution in [0.25, 0.3) is 0 Å². The van der Waals surface area contributed by atoms with E-state index in [1.54, 1.807) is 23.3 Å². The minimum atomic E-state index is -0.223. The lowest BCUT2D eigenvalue weighted by Crippen LogP contribution is -2.25. The number of aromatic nitrogens is 4. The number of benzene rings is 1. The second-order valence-electron chi connectivity index (χ2n) is 6.80. The van der Waals surface area contributed by atoms with Crippen LogP contribution >= 0.6 is 0 Å². The Morgan fingerprint density at radius 2 is 1.86 bits per heavy atom. The molecule has 0 radical (unpaired) electrons. The highest BCUT2D eigenvalue weighted by Gasteiger charge is 2.10. The molecule has 2 heterocycles. The molecule has 7 nitrogen and oxygen atoms in total. The second kappa shape index (κ2) is 10.3. The number of aryl methyl sites for hydroxylation is 1. The standard InChI is InChI=1S/C21H26N6O/c1-26(13-5-8-18-6-3-2-4-7-18)14-15-27-17-20(24-25-27)21(28)23-16-19-9-11-22-12-10-19/h2-4,6-7,9-12,17H,5,8,13-16H2,1H3,(H,23,28). The molecule has 0 aliphatic carbocycles. The van der Waals surface area contributed by atoms with Gasteiger partial charge in [0, 0.05) is 25.5 Å². The van der Waals surface area contributed by atoms with Crippen molar-refractivity contribution in [2.75, 3.05) is 20.1 Å². The van der Waals surface area contributed by atoms with Gasteiger partial charge in [0.25, 0.3) is 5.91 Å². The predicted octanol–water partition coefficient (Wildman–Crippen LogP) is 2.17. The molecule has 0 saturated heterocycles. The molecule has 7 heteroatoms. The Morgan fingerprint density at radius 1 is 1.07 bits per heavy atom. The average molecular weight is 378 g/mol. The van der Waals surface area contributed by atoms with Crippen molar-refractivity contribution in [1.82, 2.24) is 30.2 Å². The number of amides is 1.